The van der Waals surface area contributed by atoms with Gasteiger partial charge in [-0.05, 0) is 51.5 Å². The molecule has 10 heteroatoms. The molecule has 0 unspecified atom stereocenters. The summed E-state index contributed by atoms with van der Waals surface area (Å²) in [4.78, 5) is 23.6. The second-order valence-corrected chi connectivity index (χ2v) is 14.2. The van der Waals surface area contributed by atoms with Gasteiger partial charge in [0.05, 0.1) is 9.85 Å². The Morgan fingerprint density at radius 3 is 1.44 bits per heavy atom. The highest BCUT2D eigenvalue weighted by Crippen LogP contribution is 2.59. The highest BCUT2D eigenvalue weighted by Gasteiger charge is 2.42. The molecule has 0 N–H and O–H groups in total. The van der Waals surface area contributed by atoms with Crippen molar-refractivity contribution in [3.63, 3.8) is 0 Å². The monoisotopic (exact) mass is 546 g/mol. The molecule has 3 heterocycles. The SMILES string of the molecule is O=[N+]([O-])c1ccc(-c2scc3c2P(=S)(c2ccccc2)c2c-3csc2-c2ccc([N+](=O)[O-])cc2)cc1. The first-order valence-electron chi connectivity index (χ1n) is 10.8. The van der Waals surface area contributed by atoms with Gasteiger partial charge in [0, 0.05) is 61.8 Å². The molecule has 0 spiro atoms. The van der Waals surface area contributed by atoms with Crippen molar-refractivity contribution in [1.82, 2.24) is 0 Å². The number of fused-ring (bicyclic) bond motifs is 3. The normalized spacial score (nSPS) is 13.2. The third-order valence-electron chi connectivity index (χ3n) is 6.25. The summed E-state index contributed by atoms with van der Waals surface area (Å²) in [6.07, 6.45) is 0. The van der Waals surface area contributed by atoms with Crippen LogP contribution in [-0.4, -0.2) is 9.85 Å². The van der Waals surface area contributed by atoms with Crippen LogP contribution in [0.15, 0.2) is 89.6 Å². The van der Waals surface area contributed by atoms with Gasteiger partial charge in [0.2, 0.25) is 0 Å². The van der Waals surface area contributed by atoms with Crippen LogP contribution >= 0.6 is 28.7 Å². The molecule has 0 saturated heterocycles. The van der Waals surface area contributed by atoms with E-state index in [4.69, 9.17) is 11.8 Å². The van der Waals surface area contributed by atoms with E-state index in [-0.39, 0.29) is 11.4 Å². The topological polar surface area (TPSA) is 86.3 Å². The molecule has 0 saturated carbocycles. The molecule has 6 rings (SSSR count). The van der Waals surface area contributed by atoms with E-state index in [0.717, 1.165) is 47.9 Å². The zero-order valence-electron chi connectivity index (χ0n) is 18.4. The molecule has 5 aromatic rings. The summed E-state index contributed by atoms with van der Waals surface area (Å²) in [6, 6.07) is 20.9. The summed E-state index contributed by atoms with van der Waals surface area (Å²) in [5.74, 6) is 0. The molecule has 1 aliphatic rings. The summed E-state index contributed by atoms with van der Waals surface area (Å²) < 4.78 is 0. The van der Waals surface area contributed by atoms with Gasteiger partial charge in [0.25, 0.3) is 11.4 Å². The van der Waals surface area contributed by atoms with Crippen LogP contribution in [0.2, 0.25) is 0 Å². The number of hydrogen-bond donors (Lipinski definition) is 0. The molecule has 0 fully saturated rings. The minimum Gasteiger partial charge on any atom is -0.258 e. The van der Waals surface area contributed by atoms with Gasteiger partial charge in [-0.2, -0.15) is 0 Å². The van der Waals surface area contributed by atoms with Crippen LogP contribution in [-0.2, 0) is 11.8 Å². The molecule has 0 aliphatic carbocycles. The van der Waals surface area contributed by atoms with Gasteiger partial charge in [0.15, 0.2) is 0 Å². The maximum absolute atomic E-state index is 11.2. The minimum absolute atomic E-state index is 0.0496. The maximum Gasteiger partial charge on any atom is 0.269 e. The lowest BCUT2D eigenvalue weighted by atomic mass is 10.1. The van der Waals surface area contributed by atoms with E-state index in [0.29, 0.717) is 0 Å². The molecule has 0 amide bonds. The fourth-order valence-electron chi connectivity index (χ4n) is 4.60. The minimum atomic E-state index is -2.49. The second kappa shape index (κ2) is 8.57. The van der Waals surface area contributed by atoms with Gasteiger partial charge in [0.1, 0.15) is 0 Å². The lowest BCUT2D eigenvalue weighted by molar-refractivity contribution is -0.385. The first-order chi connectivity index (χ1) is 17.4. The molecule has 2 aromatic heterocycles. The van der Waals surface area contributed by atoms with Gasteiger partial charge in [-0.15, -0.1) is 22.7 Å². The molecule has 36 heavy (non-hydrogen) atoms. The lowest BCUT2D eigenvalue weighted by Gasteiger charge is -2.22. The number of benzene rings is 3. The van der Waals surface area contributed by atoms with Crippen molar-refractivity contribution in [2.24, 2.45) is 0 Å². The Labute approximate surface area is 218 Å². The van der Waals surface area contributed by atoms with Crippen LogP contribution in [0, 0.1) is 20.2 Å². The van der Waals surface area contributed by atoms with Crippen molar-refractivity contribution in [2.45, 2.75) is 0 Å². The predicted molar refractivity (Wildman–Crippen MR) is 151 cm³/mol. The summed E-state index contributed by atoms with van der Waals surface area (Å²) in [5.41, 5.74) is 4.13. The molecule has 6 nitrogen and oxygen atoms in total. The molecular formula is C26H15N2O4PS3. The van der Waals surface area contributed by atoms with Crippen LogP contribution in [0.5, 0.6) is 0 Å². The number of non-ortho nitro benzene ring substituents is 2. The van der Waals surface area contributed by atoms with Crippen molar-refractivity contribution in [1.29, 1.82) is 0 Å². The van der Waals surface area contributed by atoms with Crippen LogP contribution in [0.25, 0.3) is 32.0 Å². The molecular weight excluding hydrogens is 531 g/mol. The molecule has 0 atom stereocenters. The fourth-order valence-corrected chi connectivity index (χ4v) is 12.9. The highest BCUT2D eigenvalue weighted by atomic mass is 32.4. The standard InChI is InChI=1S/C26H15N2O4PS3/c29-27(30)18-10-6-16(7-11-18)25-23-21(14-35-25)22-15-36-26(17-8-12-19(13-9-17)28(31)32)24(22)33(23,34)20-4-2-1-3-5-20/h1-15H. The van der Waals surface area contributed by atoms with E-state index in [1.807, 2.05) is 18.2 Å². The summed E-state index contributed by atoms with van der Waals surface area (Å²) in [6.45, 7) is 0. The summed E-state index contributed by atoms with van der Waals surface area (Å²) in [5, 5.41) is 29.9. The van der Waals surface area contributed by atoms with Crippen LogP contribution < -0.4 is 15.9 Å². The Morgan fingerprint density at radius 2 is 1.06 bits per heavy atom. The van der Waals surface area contributed by atoms with Gasteiger partial charge >= 0.3 is 0 Å². The number of hydrogen-bond acceptors (Lipinski definition) is 7. The van der Waals surface area contributed by atoms with Crippen LogP contribution in [0.1, 0.15) is 0 Å². The average molecular weight is 547 g/mol. The smallest absolute Gasteiger partial charge is 0.258 e. The van der Waals surface area contributed by atoms with Gasteiger partial charge < -0.3 is 0 Å². The molecule has 176 valence electrons. The van der Waals surface area contributed by atoms with E-state index in [1.54, 1.807) is 46.9 Å². The predicted octanol–water partition coefficient (Wildman–Crippen LogP) is 6.70. The Hall–Kier alpha value is -3.49. The summed E-state index contributed by atoms with van der Waals surface area (Å²) >= 11 is 9.89. The van der Waals surface area contributed by atoms with E-state index < -0.39 is 15.9 Å². The quantitative estimate of drug-likeness (QED) is 0.137. The Kier molecular flexibility index (Phi) is 5.46. The second-order valence-electron chi connectivity index (χ2n) is 8.21. The van der Waals surface area contributed by atoms with Crippen molar-refractivity contribution >= 4 is 67.8 Å². The highest BCUT2D eigenvalue weighted by molar-refractivity contribution is 8.26. The zero-order chi connectivity index (χ0) is 25.0. The van der Waals surface area contributed by atoms with Crippen LogP contribution in [0.4, 0.5) is 11.4 Å². The Morgan fingerprint density at radius 1 is 0.639 bits per heavy atom. The van der Waals surface area contributed by atoms with Crippen molar-refractivity contribution in [2.75, 3.05) is 0 Å². The largest absolute Gasteiger partial charge is 0.269 e. The van der Waals surface area contributed by atoms with E-state index >= 15 is 0 Å². The Balaban J connectivity index is 1.58. The van der Waals surface area contributed by atoms with Gasteiger partial charge in [-0.1, -0.05) is 42.1 Å². The molecule has 1 aliphatic heterocycles. The number of rotatable bonds is 5. The molecule has 3 aromatic carbocycles. The van der Waals surface area contributed by atoms with Crippen molar-refractivity contribution < 1.29 is 9.85 Å². The maximum atomic E-state index is 11.2. The fraction of sp³-hybridized carbons (Fsp3) is 0. The number of nitro groups is 2. The van der Waals surface area contributed by atoms with E-state index in [9.17, 15) is 20.2 Å². The number of nitrogens with zero attached hydrogens (tertiary/aromatic N) is 2. The van der Waals surface area contributed by atoms with Gasteiger partial charge in [-0.3, -0.25) is 20.2 Å². The van der Waals surface area contributed by atoms with E-state index in [1.165, 1.54) is 24.3 Å². The van der Waals surface area contributed by atoms with Crippen LogP contribution in [0.3, 0.4) is 0 Å². The number of nitro benzene ring substituents is 2. The van der Waals surface area contributed by atoms with Gasteiger partial charge in [-0.25, -0.2) is 0 Å². The van der Waals surface area contributed by atoms with E-state index in [2.05, 4.69) is 22.9 Å². The third kappa shape index (κ3) is 3.39. The van der Waals surface area contributed by atoms with Crippen molar-refractivity contribution in [3.8, 4) is 32.0 Å². The first-order valence-corrected chi connectivity index (χ1v) is 15.4. The molecule has 0 bridgehead atoms. The molecule has 0 radical (unpaired) electrons. The number of thiophene rings is 2. The lowest BCUT2D eigenvalue weighted by Crippen LogP contribution is -2.21. The third-order valence-corrected chi connectivity index (χ3v) is 13.6. The average Bonchev–Trinajstić information content (AvgIpc) is 3.59. The first kappa shape index (κ1) is 22.9. The Bertz CT molecular complexity index is 1600. The zero-order valence-corrected chi connectivity index (χ0v) is 21.7. The van der Waals surface area contributed by atoms with Crippen molar-refractivity contribution in [3.05, 3.63) is 110 Å². The summed E-state index contributed by atoms with van der Waals surface area (Å²) in [7, 11) is 0.